The molecule has 1 aliphatic heterocycles. The van der Waals surface area contributed by atoms with Gasteiger partial charge in [-0.2, -0.15) is 5.10 Å². The van der Waals surface area contributed by atoms with Crippen molar-refractivity contribution in [3.8, 4) is 17.3 Å². The third-order valence-corrected chi connectivity index (χ3v) is 7.29. The fraction of sp³-hybridized carbons (Fsp3) is 0.172. The molecule has 0 bridgehead atoms. The summed E-state index contributed by atoms with van der Waals surface area (Å²) in [6.45, 7) is 1.85. The van der Waals surface area contributed by atoms with E-state index in [-0.39, 0.29) is 22.9 Å². The average molecular weight is 522 g/mol. The van der Waals surface area contributed by atoms with Crippen LogP contribution in [0.2, 0.25) is 0 Å². The summed E-state index contributed by atoms with van der Waals surface area (Å²) in [7, 11) is 0. The van der Waals surface area contributed by atoms with Gasteiger partial charge >= 0.3 is 0 Å². The Morgan fingerprint density at radius 3 is 2.46 bits per heavy atom. The highest BCUT2D eigenvalue weighted by molar-refractivity contribution is 6.06. The lowest BCUT2D eigenvalue weighted by Gasteiger charge is -2.40. The molecule has 196 valence electrons. The first-order valence-corrected chi connectivity index (χ1v) is 12.6. The number of nitrogens with zero attached hydrogens (tertiary/aromatic N) is 5. The minimum absolute atomic E-state index is 0.0697. The molecule has 1 atom stereocenters. The first-order valence-electron chi connectivity index (χ1n) is 12.6. The summed E-state index contributed by atoms with van der Waals surface area (Å²) in [6, 6.07) is 16.1. The number of nitrogens with two attached hydrogens (primary N) is 2. The quantitative estimate of drug-likeness (QED) is 0.365. The molecular formula is C29H27N7O3. The van der Waals surface area contributed by atoms with Crippen molar-refractivity contribution in [1.29, 1.82) is 0 Å². The maximum absolute atomic E-state index is 13.7. The van der Waals surface area contributed by atoms with Gasteiger partial charge in [0.05, 0.1) is 22.9 Å². The highest BCUT2D eigenvalue weighted by atomic mass is 16.3. The van der Waals surface area contributed by atoms with Gasteiger partial charge in [0, 0.05) is 41.3 Å². The van der Waals surface area contributed by atoms with E-state index in [4.69, 9.17) is 16.6 Å². The van der Waals surface area contributed by atoms with Crippen LogP contribution in [0.5, 0.6) is 5.75 Å². The Morgan fingerprint density at radius 1 is 1.05 bits per heavy atom. The number of amides is 1. The van der Waals surface area contributed by atoms with Crippen LogP contribution >= 0.6 is 0 Å². The van der Waals surface area contributed by atoms with Gasteiger partial charge in [0.1, 0.15) is 23.7 Å². The molecule has 2 aromatic heterocycles. The number of para-hydroxylation sites is 1. The van der Waals surface area contributed by atoms with E-state index in [1.54, 1.807) is 40.4 Å². The summed E-state index contributed by atoms with van der Waals surface area (Å²) in [4.78, 5) is 32.9. The highest BCUT2D eigenvalue weighted by Gasteiger charge is 2.44. The van der Waals surface area contributed by atoms with Crippen LogP contribution in [0.4, 0.5) is 5.69 Å². The van der Waals surface area contributed by atoms with Gasteiger partial charge in [-0.1, -0.05) is 18.2 Å². The Morgan fingerprint density at radius 2 is 1.79 bits per heavy atom. The number of rotatable bonds is 5. The lowest BCUT2D eigenvalue weighted by molar-refractivity contribution is -0.116. The highest BCUT2D eigenvalue weighted by Crippen LogP contribution is 2.48. The van der Waals surface area contributed by atoms with Crippen LogP contribution in [0.15, 0.2) is 96.0 Å². The lowest BCUT2D eigenvalue weighted by Crippen LogP contribution is -2.42. The fourth-order valence-corrected chi connectivity index (χ4v) is 5.67. The zero-order valence-corrected chi connectivity index (χ0v) is 21.3. The molecule has 3 heterocycles. The van der Waals surface area contributed by atoms with Crippen LogP contribution in [-0.4, -0.2) is 36.1 Å². The molecule has 10 heteroatoms. The van der Waals surface area contributed by atoms with Crippen molar-refractivity contribution < 1.29 is 14.7 Å². The number of hydrogen-bond donors (Lipinski definition) is 3. The number of carbonyl (C=O) groups is 2. The van der Waals surface area contributed by atoms with Gasteiger partial charge < -0.3 is 16.6 Å². The van der Waals surface area contributed by atoms with E-state index >= 15 is 0 Å². The number of phenols is 1. The summed E-state index contributed by atoms with van der Waals surface area (Å²) in [6.07, 6.45) is 6.67. The fourth-order valence-electron chi connectivity index (χ4n) is 5.67. The molecule has 1 amide bonds. The number of aromatic hydroxyl groups is 1. The number of primary amides is 1. The van der Waals surface area contributed by atoms with Gasteiger partial charge in [-0.05, 0) is 56.2 Å². The molecule has 1 unspecified atom stereocenters. The van der Waals surface area contributed by atoms with Crippen LogP contribution < -0.4 is 16.4 Å². The molecule has 0 spiro atoms. The van der Waals surface area contributed by atoms with Crippen molar-refractivity contribution in [2.24, 2.45) is 11.5 Å². The summed E-state index contributed by atoms with van der Waals surface area (Å²) in [5, 5.41) is 14.7. The third kappa shape index (κ3) is 3.88. The number of imidazole rings is 1. The molecule has 39 heavy (non-hydrogen) atoms. The molecule has 2 aliphatic rings. The number of phenolic OH excluding ortho intramolecular Hbond substituents is 1. The molecule has 5 N–H and O–H groups in total. The average Bonchev–Trinajstić information content (AvgIpc) is 3.57. The predicted octanol–water partition coefficient (Wildman–Crippen LogP) is 3.34. The lowest BCUT2D eigenvalue weighted by atomic mass is 9.74. The van der Waals surface area contributed by atoms with E-state index in [0.29, 0.717) is 53.3 Å². The van der Waals surface area contributed by atoms with Gasteiger partial charge in [0.25, 0.3) is 0 Å². The monoisotopic (exact) mass is 521 g/mol. The second kappa shape index (κ2) is 9.32. The Labute approximate surface area is 224 Å². The molecule has 0 radical (unpaired) electrons. The smallest absolute Gasteiger partial charge is 0.249 e. The van der Waals surface area contributed by atoms with Crippen molar-refractivity contribution in [3.63, 3.8) is 0 Å². The Hall–Kier alpha value is -5.12. The van der Waals surface area contributed by atoms with Gasteiger partial charge in [-0.3, -0.25) is 19.1 Å². The zero-order valence-electron chi connectivity index (χ0n) is 21.3. The molecule has 4 aromatic rings. The standard InChI is InChI=1S/C29H27N7O3/c1-17-23(29(34-15-14-32-16-34)36(33-17)19-6-3-2-4-7-19)25-24-21(8-5-9-22(24)38)35(27(30)26(25)28(31)39)18-10-12-20(37)13-11-18/h2-4,6-7,10-16,25,37H,5,8-9,30H2,1H3,(H2,31,39). The van der Waals surface area contributed by atoms with Crippen LogP contribution in [0.25, 0.3) is 11.5 Å². The second-order valence-electron chi connectivity index (χ2n) is 9.63. The number of aromatic nitrogens is 4. The van der Waals surface area contributed by atoms with E-state index in [0.717, 1.165) is 5.69 Å². The van der Waals surface area contributed by atoms with Crippen LogP contribution in [0, 0.1) is 6.92 Å². The Balaban J connectivity index is 1.67. The molecule has 1 aliphatic carbocycles. The Bertz CT molecular complexity index is 1650. The van der Waals surface area contributed by atoms with Gasteiger partial charge in [0.15, 0.2) is 5.78 Å². The molecule has 0 saturated carbocycles. The molecular weight excluding hydrogens is 494 g/mol. The maximum Gasteiger partial charge on any atom is 0.249 e. The number of carbonyl (C=O) groups excluding carboxylic acids is 2. The predicted molar refractivity (Wildman–Crippen MR) is 145 cm³/mol. The van der Waals surface area contributed by atoms with E-state index in [1.165, 1.54) is 12.1 Å². The van der Waals surface area contributed by atoms with Crippen molar-refractivity contribution >= 4 is 17.4 Å². The second-order valence-corrected chi connectivity index (χ2v) is 9.63. The van der Waals surface area contributed by atoms with Crippen molar-refractivity contribution in [1.82, 2.24) is 19.3 Å². The maximum atomic E-state index is 13.7. The first-order chi connectivity index (χ1) is 18.9. The number of Topliss-reactive ketones (excluding diaryl/α,β-unsaturated/α-hetero) is 1. The molecule has 6 rings (SSSR count). The summed E-state index contributed by atoms with van der Waals surface area (Å²) < 4.78 is 3.60. The van der Waals surface area contributed by atoms with Crippen molar-refractivity contribution in [3.05, 3.63) is 107 Å². The summed E-state index contributed by atoms with van der Waals surface area (Å²) >= 11 is 0. The molecule has 0 fully saturated rings. The molecule has 10 nitrogen and oxygen atoms in total. The molecule has 2 aromatic carbocycles. The van der Waals surface area contributed by atoms with Crippen molar-refractivity contribution in [2.75, 3.05) is 4.90 Å². The topological polar surface area (TPSA) is 145 Å². The van der Waals surface area contributed by atoms with E-state index in [9.17, 15) is 14.7 Å². The van der Waals surface area contributed by atoms with Gasteiger partial charge in [-0.15, -0.1) is 0 Å². The van der Waals surface area contributed by atoms with Crippen LogP contribution in [-0.2, 0) is 9.59 Å². The number of anilines is 1. The van der Waals surface area contributed by atoms with Crippen molar-refractivity contribution in [2.45, 2.75) is 32.1 Å². The largest absolute Gasteiger partial charge is 0.508 e. The number of allylic oxidation sites excluding steroid dienone is 2. The summed E-state index contributed by atoms with van der Waals surface area (Å²) in [5.74, 6) is -0.747. The SMILES string of the molecule is Cc1nn(-c2ccccc2)c(-n2ccnc2)c1C1C(C(N)=O)=C(N)N(c2ccc(O)cc2)C2=C1C(=O)CCC2. The minimum atomic E-state index is -0.825. The summed E-state index contributed by atoms with van der Waals surface area (Å²) in [5.41, 5.74) is 16.8. The zero-order chi connectivity index (χ0) is 27.3. The van der Waals surface area contributed by atoms with Crippen LogP contribution in [0.3, 0.4) is 0 Å². The van der Waals surface area contributed by atoms with Crippen LogP contribution in [0.1, 0.15) is 36.4 Å². The van der Waals surface area contributed by atoms with Gasteiger partial charge in [-0.25, -0.2) is 9.67 Å². The normalized spacial score (nSPS) is 17.5. The minimum Gasteiger partial charge on any atom is -0.508 e. The third-order valence-electron chi connectivity index (χ3n) is 7.29. The molecule has 0 saturated heterocycles. The number of benzene rings is 2. The first kappa shape index (κ1) is 24.2. The van der Waals surface area contributed by atoms with E-state index in [2.05, 4.69) is 4.98 Å². The number of aryl methyl sites for hydroxylation is 1. The van der Waals surface area contributed by atoms with Gasteiger partial charge in [0.2, 0.25) is 5.91 Å². The van der Waals surface area contributed by atoms with E-state index in [1.807, 2.05) is 41.8 Å². The Kier molecular flexibility index (Phi) is 5.79. The number of ketones is 1. The number of hydrogen-bond acceptors (Lipinski definition) is 7. The van der Waals surface area contributed by atoms with E-state index < -0.39 is 11.8 Å².